The molecular formula is C24H23NO. The molecule has 2 aliphatic rings. The minimum absolute atomic E-state index is 0.00381. The van der Waals surface area contributed by atoms with Crippen LogP contribution in [0.25, 0.3) is 0 Å². The third-order valence-corrected chi connectivity index (χ3v) is 5.85. The number of hydrogen-bond acceptors (Lipinski definition) is 2. The third-order valence-electron chi connectivity index (χ3n) is 5.85. The van der Waals surface area contributed by atoms with Crippen LogP contribution in [0.5, 0.6) is 0 Å². The molecule has 2 saturated heterocycles. The summed E-state index contributed by atoms with van der Waals surface area (Å²) in [4.78, 5) is 2.56. The monoisotopic (exact) mass is 341 g/mol. The second-order valence-corrected chi connectivity index (χ2v) is 7.24. The average Bonchev–Trinajstić information content (AvgIpc) is 3.32. The van der Waals surface area contributed by atoms with Gasteiger partial charge in [0.1, 0.15) is 11.8 Å². The van der Waals surface area contributed by atoms with E-state index in [1.54, 1.807) is 0 Å². The fourth-order valence-corrected chi connectivity index (χ4v) is 4.76. The summed E-state index contributed by atoms with van der Waals surface area (Å²) in [5.74, 6) is 0. The molecular weight excluding hydrogens is 318 g/mol. The van der Waals surface area contributed by atoms with Crippen LogP contribution >= 0.6 is 0 Å². The molecule has 0 saturated carbocycles. The zero-order chi connectivity index (χ0) is 17.4. The largest absolute Gasteiger partial charge is 0.341 e. The highest BCUT2D eigenvalue weighted by molar-refractivity contribution is 5.41. The zero-order valence-electron chi connectivity index (χ0n) is 14.8. The summed E-state index contributed by atoms with van der Waals surface area (Å²) in [6, 6.07) is 32.5. The fourth-order valence-electron chi connectivity index (χ4n) is 4.76. The maximum absolute atomic E-state index is 7.00. The molecule has 0 spiro atoms. The summed E-state index contributed by atoms with van der Waals surface area (Å²) in [7, 11) is 0. The van der Waals surface area contributed by atoms with Gasteiger partial charge in [-0.2, -0.15) is 0 Å². The van der Waals surface area contributed by atoms with E-state index in [-0.39, 0.29) is 6.23 Å². The Morgan fingerprint density at radius 1 is 0.731 bits per heavy atom. The van der Waals surface area contributed by atoms with E-state index < -0.39 is 5.60 Å². The molecule has 0 unspecified atom stereocenters. The number of nitrogens with zero attached hydrogens (tertiary/aromatic N) is 1. The Balaban J connectivity index is 1.70. The second-order valence-electron chi connectivity index (χ2n) is 7.24. The molecule has 2 nitrogen and oxygen atoms in total. The molecule has 3 aromatic rings. The van der Waals surface area contributed by atoms with Crippen LogP contribution in [0.1, 0.15) is 35.8 Å². The van der Waals surface area contributed by atoms with Crippen LogP contribution in [-0.2, 0) is 10.3 Å². The Morgan fingerprint density at radius 3 is 1.85 bits per heavy atom. The van der Waals surface area contributed by atoms with Crippen molar-refractivity contribution in [1.29, 1.82) is 0 Å². The molecule has 0 aromatic heterocycles. The van der Waals surface area contributed by atoms with E-state index >= 15 is 0 Å². The standard InChI is InChI=1S/C24H23NO/c1-4-11-19(12-5-1)23-25-18-10-17-22(25)24(26-23,20-13-6-2-7-14-20)21-15-8-3-9-16-21/h1-9,11-16,22-23H,10,17-18H2/t22-,23-/m0/s1. The van der Waals surface area contributed by atoms with Crippen LogP contribution < -0.4 is 0 Å². The van der Waals surface area contributed by atoms with Crippen molar-refractivity contribution in [2.75, 3.05) is 6.54 Å². The van der Waals surface area contributed by atoms with Gasteiger partial charge in [0.25, 0.3) is 0 Å². The van der Waals surface area contributed by atoms with Gasteiger partial charge in [0.05, 0.1) is 6.04 Å². The Labute approximate surface area is 155 Å². The van der Waals surface area contributed by atoms with Crippen molar-refractivity contribution in [3.05, 3.63) is 108 Å². The quantitative estimate of drug-likeness (QED) is 0.655. The molecule has 26 heavy (non-hydrogen) atoms. The molecule has 2 aliphatic heterocycles. The summed E-state index contributed by atoms with van der Waals surface area (Å²) >= 11 is 0. The van der Waals surface area contributed by atoms with Crippen molar-refractivity contribution in [3.8, 4) is 0 Å². The molecule has 2 heterocycles. The topological polar surface area (TPSA) is 12.5 Å². The highest BCUT2D eigenvalue weighted by Crippen LogP contribution is 2.54. The van der Waals surface area contributed by atoms with E-state index in [0.717, 1.165) is 13.0 Å². The molecule has 2 atom stereocenters. The first-order valence-electron chi connectivity index (χ1n) is 9.49. The zero-order valence-corrected chi connectivity index (χ0v) is 14.8. The van der Waals surface area contributed by atoms with Crippen molar-refractivity contribution in [2.24, 2.45) is 0 Å². The average molecular weight is 341 g/mol. The number of benzene rings is 3. The first kappa shape index (κ1) is 15.8. The Hall–Kier alpha value is -2.42. The van der Waals surface area contributed by atoms with Crippen LogP contribution in [0.15, 0.2) is 91.0 Å². The van der Waals surface area contributed by atoms with Crippen LogP contribution in [0, 0.1) is 0 Å². The summed E-state index contributed by atoms with van der Waals surface area (Å²) in [5.41, 5.74) is 3.33. The van der Waals surface area contributed by atoms with E-state index in [2.05, 4.69) is 95.9 Å². The molecule has 0 radical (unpaired) electrons. The maximum atomic E-state index is 7.00. The molecule has 0 aliphatic carbocycles. The van der Waals surface area contributed by atoms with Gasteiger partial charge in [-0.1, -0.05) is 91.0 Å². The van der Waals surface area contributed by atoms with Gasteiger partial charge in [0, 0.05) is 6.54 Å². The maximum Gasteiger partial charge on any atom is 0.138 e. The first-order valence-corrected chi connectivity index (χ1v) is 9.49. The van der Waals surface area contributed by atoms with Gasteiger partial charge in [-0.25, -0.2) is 0 Å². The van der Waals surface area contributed by atoms with Crippen LogP contribution in [0.2, 0.25) is 0 Å². The van der Waals surface area contributed by atoms with Crippen molar-refractivity contribution < 1.29 is 4.74 Å². The number of ether oxygens (including phenoxy) is 1. The summed E-state index contributed by atoms with van der Waals surface area (Å²) in [5, 5.41) is 0. The van der Waals surface area contributed by atoms with Crippen molar-refractivity contribution in [2.45, 2.75) is 30.7 Å². The highest BCUT2D eigenvalue weighted by atomic mass is 16.5. The molecule has 5 rings (SSSR count). The van der Waals surface area contributed by atoms with Gasteiger partial charge < -0.3 is 4.74 Å². The Morgan fingerprint density at radius 2 is 1.27 bits per heavy atom. The van der Waals surface area contributed by atoms with Gasteiger partial charge in [0.15, 0.2) is 0 Å². The van der Waals surface area contributed by atoms with Gasteiger partial charge in [-0.15, -0.1) is 0 Å². The van der Waals surface area contributed by atoms with E-state index in [1.165, 1.54) is 23.1 Å². The molecule has 2 fully saturated rings. The van der Waals surface area contributed by atoms with Crippen molar-refractivity contribution >= 4 is 0 Å². The van der Waals surface area contributed by atoms with Gasteiger partial charge >= 0.3 is 0 Å². The Kier molecular flexibility index (Phi) is 3.88. The van der Waals surface area contributed by atoms with E-state index in [4.69, 9.17) is 4.74 Å². The van der Waals surface area contributed by atoms with Crippen LogP contribution in [-0.4, -0.2) is 17.5 Å². The lowest BCUT2D eigenvalue weighted by Gasteiger charge is -2.34. The van der Waals surface area contributed by atoms with Gasteiger partial charge in [-0.05, 0) is 29.5 Å². The van der Waals surface area contributed by atoms with E-state index in [0.29, 0.717) is 6.04 Å². The Bertz CT molecular complexity index is 823. The predicted octanol–water partition coefficient (Wildman–Crippen LogP) is 5.12. The smallest absolute Gasteiger partial charge is 0.138 e. The summed E-state index contributed by atoms with van der Waals surface area (Å²) < 4.78 is 7.00. The first-order chi connectivity index (χ1) is 12.9. The fraction of sp³-hybridized carbons (Fsp3) is 0.250. The summed E-state index contributed by atoms with van der Waals surface area (Å²) in [6.07, 6.45) is 2.38. The highest BCUT2D eigenvalue weighted by Gasteiger charge is 2.57. The molecule has 0 bridgehead atoms. The number of rotatable bonds is 3. The molecule has 3 aromatic carbocycles. The molecule has 130 valence electrons. The van der Waals surface area contributed by atoms with Gasteiger partial charge in [-0.3, -0.25) is 4.90 Å². The van der Waals surface area contributed by atoms with E-state index in [9.17, 15) is 0 Å². The molecule has 2 heteroatoms. The van der Waals surface area contributed by atoms with Crippen LogP contribution in [0.3, 0.4) is 0 Å². The lowest BCUT2D eigenvalue weighted by molar-refractivity contribution is -0.0465. The molecule has 0 N–H and O–H groups in total. The lowest BCUT2D eigenvalue weighted by Crippen LogP contribution is -2.40. The minimum atomic E-state index is -0.417. The minimum Gasteiger partial charge on any atom is -0.341 e. The van der Waals surface area contributed by atoms with Gasteiger partial charge in [0.2, 0.25) is 0 Å². The summed E-state index contributed by atoms with van der Waals surface area (Å²) in [6.45, 7) is 1.09. The lowest BCUT2D eigenvalue weighted by atomic mass is 9.79. The predicted molar refractivity (Wildman–Crippen MR) is 104 cm³/mol. The SMILES string of the molecule is c1ccc([C@@H]2OC(c3ccccc3)(c3ccccc3)[C@@H]3CCCN32)cc1. The number of hydrogen-bond donors (Lipinski definition) is 0. The second kappa shape index (κ2) is 6.39. The van der Waals surface area contributed by atoms with Crippen molar-refractivity contribution in [3.63, 3.8) is 0 Å². The molecule has 0 amide bonds. The third kappa shape index (κ3) is 2.33. The number of fused-ring (bicyclic) bond motifs is 1. The normalized spacial score (nSPS) is 24.5. The van der Waals surface area contributed by atoms with Crippen molar-refractivity contribution in [1.82, 2.24) is 4.90 Å². The van der Waals surface area contributed by atoms with E-state index in [1.807, 2.05) is 0 Å². The van der Waals surface area contributed by atoms with Crippen LogP contribution in [0.4, 0.5) is 0 Å².